The van der Waals surface area contributed by atoms with Crippen LogP contribution >= 0.6 is 0 Å². The van der Waals surface area contributed by atoms with Gasteiger partial charge in [0.1, 0.15) is 12.3 Å². The van der Waals surface area contributed by atoms with E-state index < -0.39 is 0 Å². The molecule has 2 heterocycles. The molecule has 0 aliphatic carbocycles. The Kier molecular flexibility index (Phi) is 3.39. The number of hydrogen-bond acceptors (Lipinski definition) is 6. The first-order valence-corrected chi connectivity index (χ1v) is 6.33. The number of para-hydroxylation sites is 2. The van der Waals surface area contributed by atoms with E-state index in [1.807, 2.05) is 18.2 Å². The summed E-state index contributed by atoms with van der Waals surface area (Å²) in [5, 5.41) is 24.3. The minimum atomic E-state index is -0.199. The van der Waals surface area contributed by atoms with E-state index in [1.54, 1.807) is 0 Å². The van der Waals surface area contributed by atoms with Crippen LogP contribution in [-0.2, 0) is 6.61 Å². The van der Waals surface area contributed by atoms with Crippen molar-refractivity contribution in [3.8, 4) is 5.69 Å². The predicted molar refractivity (Wildman–Crippen MR) is 70.2 cm³/mol. The Balaban J connectivity index is 1.96. The molecule has 1 aromatic heterocycles. The van der Waals surface area contributed by atoms with E-state index in [0.29, 0.717) is 5.82 Å². The van der Waals surface area contributed by atoms with Crippen LogP contribution in [-0.4, -0.2) is 51.5 Å². The lowest BCUT2D eigenvalue weighted by Gasteiger charge is -2.30. The minimum Gasteiger partial charge on any atom is -0.388 e. The van der Waals surface area contributed by atoms with Gasteiger partial charge in [0.2, 0.25) is 5.82 Å². The molecule has 0 amide bonds. The first-order chi connectivity index (χ1) is 9.38. The summed E-state index contributed by atoms with van der Waals surface area (Å²) in [6.07, 6.45) is 0. The van der Waals surface area contributed by atoms with Crippen LogP contribution in [0.5, 0.6) is 0 Å². The lowest BCUT2D eigenvalue weighted by molar-refractivity contribution is 0.271. The summed E-state index contributed by atoms with van der Waals surface area (Å²) in [5.74, 6) is 0.329. The maximum atomic E-state index is 9.02. The highest BCUT2D eigenvalue weighted by Gasteiger charge is 2.16. The molecule has 0 radical (unpaired) electrons. The van der Waals surface area contributed by atoms with Crippen LogP contribution in [0.1, 0.15) is 5.82 Å². The number of nitrogens with zero attached hydrogens (tertiary/aromatic N) is 5. The molecule has 100 valence electrons. The molecule has 0 unspecified atom stereocenters. The maximum Gasteiger partial charge on any atom is 0.200 e. The van der Waals surface area contributed by atoms with Gasteiger partial charge in [0.05, 0.1) is 5.69 Å². The summed E-state index contributed by atoms with van der Waals surface area (Å²) in [6.45, 7) is 3.66. The summed E-state index contributed by atoms with van der Waals surface area (Å²) in [5.41, 5.74) is 1.97. The van der Waals surface area contributed by atoms with Gasteiger partial charge in [-0.25, -0.2) is 0 Å². The van der Waals surface area contributed by atoms with Crippen LogP contribution in [0.15, 0.2) is 24.3 Å². The van der Waals surface area contributed by atoms with Crippen molar-refractivity contribution in [1.29, 1.82) is 0 Å². The normalized spacial score (nSPS) is 15.7. The molecule has 2 N–H and O–H groups in total. The quantitative estimate of drug-likeness (QED) is 0.779. The second kappa shape index (κ2) is 5.33. The highest BCUT2D eigenvalue weighted by molar-refractivity contribution is 5.62. The molecule has 1 aliphatic rings. The van der Waals surface area contributed by atoms with E-state index >= 15 is 0 Å². The van der Waals surface area contributed by atoms with Gasteiger partial charge in [-0.15, -0.1) is 15.0 Å². The Morgan fingerprint density at radius 2 is 1.89 bits per heavy atom. The van der Waals surface area contributed by atoms with Gasteiger partial charge in [-0.1, -0.05) is 12.1 Å². The van der Waals surface area contributed by atoms with Crippen molar-refractivity contribution in [3.05, 3.63) is 30.1 Å². The predicted octanol–water partition coefficient (Wildman–Crippen LogP) is -0.436. The van der Waals surface area contributed by atoms with Crippen LogP contribution in [0, 0.1) is 0 Å². The number of hydrogen-bond donors (Lipinski definition) is 2. The van der Waals surface area contributed by atoms with Crippen molar-refractivity contribution in [2.24, 2.45) is 0 Å². The fourth-order valence-corrected chi connectivity index (χ4v) is 2.22. The second-order valence-electron chi connectivity index (χ2n) is 4.38. The van der Waals surface area contributed by atoms with Gasteiger partial charge in [0, 0.05) is 26.2 Å². The Morgan fingerprint density at radius 3 is 2.58 bits per heavy atom. The van der Waals surface area contributed by atoms with E-state index in [1.165, 1.54) is 4.80 Å². The number of piperazine rings is 1. The van der Waals surface area contributed by atoms with E-state index in [4.69, 9.17) is 5.11 Å². The zero-order valence-corrected chi connectivity index (χ0v) is 10.5. The molecule has 1 saturated heterocycles. The molecule has 1 aromatic carbocycles. The molecule has 7 nitrogen and oxygen atoms in total. The number of aliphatic hydroxyl groups excluding tert-OH is 1. The average Bonchev–Trinajstić information content (AvgIpc) is 2.97. The van der Waals surface area contributed by atoms with Crippen LogP contribution in [0.25, 0.3) is 5.69 Å². The van der Waals surface area contributed by atoms with Crippen molar-refractivity contribution in [2.45, 2.75) is 6.61 Å². The van der Waals surface area contributed by atoms with Gasteiger partial charge in [0.25, 0.3) is 0 Å². The fourth-order valence-electron chi connectivity index (χ4n) is 2.22. The largest absolute Gasteiger partial charge is 0.388 e. The lowest BCUT2D eigenvalue weighted by Crippen LogP contribution is -2.43. The average molecular weight is 260 g/mol. The van der Waals surface area contributed by atoms with Crippen LogP contribution in [0.4, 0.5) is 5.69 Å². The third kappa shape index (κ3) is 2.42. The molecule has 1 aliphatic heterocycles. The molecule has 7 heteroatoms. The van der Waals surface area contributed by atoms with E-state index in [9.17, 15) is 0 Å². The van der Waals surface area contributed by atoms with Gasteiger partial charge in [-0.2, -0.15) is 0 Å². The fraction of sp³-hybridized carbons (Fsp3) is 0.417. The summed E-state index contributed by atoms with van der Waals surface area (Å²) >= 11 is 0. The SMILES string of the molecule is OCc1nnn(-c2ccccc2N2CCNCC2)n1. The van der Waals surface area contributed by atoms with Gasteiger partial charge in [-0.3, -0.25) is 0 Å². The molecule has 3 rings (SSSR count). The monoisotopic (exact) mass is 260 g/mol. The number of nitrogens with one attached hydrogen (secondary N) is 1. The van der Waals surface area contributed by atoms with Crippen molar-refractivity contribution < 1.29 is 5.11 Å². The summed E-state index contributed by atoms with van der Waals surface area (Å²) < 4.78 is 0. The third-order valence-electron chi connectivity index (χ3n) is 3.15. The Hall–Kier alpha value is -1.99. The molecular weight excluding hydrogens is 244 g/mol. The molecule has 19 heavy (non-hydrogen) atoms. The number of rotatable bonds is 3. The molecule has 0 bridgehead atoms. The van der Waals surface area contributed by atoms with Gasteiger partial charge < -0.3 is 15.3 Å². The number of tetrazole rings is 1. The Bertz CT molecular complexity index is 549. The van der Waals surface area contributed by atoms with Gasteiger partial charge in [0.15, 0.2) is 0 Å². The molecular formula is C12H16N6O. The zero-order chi connectivity index (χ0) is 13.1. The van der Waals surface area contributed by atoms with Crippen LogP contribution < -0.4 is 10.2 Å². The van der Waals surface area contributed by atoms with Gasteiger partial charge >= 0.3 is 0 Å². The smallest absolute Gasteiger partial charge is 0.200 e. The highest BCUT2D eigenvalue weighted by Crippen LogP contribution is 2.23. The van der Waals surface area contributed by atoms with Crippen molar-refractivity contribution in [3.63, 3.8) is 0 Å². The van der Waals surface area contributed by atoms with E-state index in [2.05, 4.69) is 31.7 Å². The molecule has 2 aromatic rings. The van der Waals surface area contributed by atoms with Crippen molar-refractivity contribution in [1.82, 2.24) is 25.5 Å². The van der Waals surface area contributed by atoms with E-state index in [-0.39, 0.29) is 6.61 Å². The first kappa shape index (κ1) is 12.1. The minimum absolute atomic E-state index is 0.199. The number of benzene rings is 1. The second-order valence-corrected chi connectivity index (χ2v) is 4.38. The summed E-state index contributed by atoms with van der Waals surface area (Å²) in [6, 6.07) is 7.97. The Morgan fingerprint density at radius 1 is 1.16 bits per heavy atom. The maximum absolute atomic E-state index is 9.02. The number of aromatic nitrogens is 4. The number of anilines is 1. The lowest BCUT2D eigenvalue weighted by atomic mass is 10.2. The topological polar surface area (TPSA) is 79.1 Å². The van der Waals surface area contributed by atoms with Crippen molar-refractivity contribution >= 4 is 5.69 Å². The molecule has 0 spiro atoms. The number of aliphatic hydroxyl groups is 1. The molecule has 1 fully saturated rings. The zero-order valence-electron chi connectivity index (χ0n) is 10.5. The van der Waals surface area contributed by atoms with Crippen LogP contribution in [0.3, 0.4) is 0 Å². The summed E-state index contributed by atoms with van der Waals surface area (Å²) in [4.78, 5) is 3.77. The highest BCUT2D eigenvalue weighted by atomic mass is 16.3. The summed E-state index contributed by atoms with van der Waals surface area (Å²) in [7, 11) is 0. The molecule has 0 saturated carbocycles. The Labute approximate surface area is 110 Å². The molecule has 0 atom stereocenters. The van der Waals surface area contributed by atoms with E-state index in [0.717, 1.165) is 37.6 Å². The van der Waals surface area contributed by atoms with Gasteiger partial charge in [-0.05, 0) is 17.3 Å². The van der Waals surface area contributed by atoms with Crippen LogP contribution in [0.2, 0.25) is 0 Å². The van der Waals surface area contributed by atoms with Crippen molar-refractivity contribution in [2.75, 3.05) is 31.1 Å². The third-order valence-corrected chi connectivity index (χ3v) is 3.15. The standard InChI is InChI=1S/C12H16N6O/c19-9-12-14-16-18(15-12)11-4-2-1-3-10(11)17-7-5-13-6-8-17/h1-4,13,19H,5-9H2. The first-order valence-electron chi connectivity index (χ1n) is 6.33.